The van der Waals surface area contributed by atoms with Gasteiger partial charge in [-0.2, -0.15) is 0 Å². The maximum atomic E-state index is 11.7. The molecule has 1 amide bonds. The fourth-order valence-electron chi connectivity index (χ4n) is 1.49. The number of nitrogens with zero attached hydrogens (tertiary/aromatic N) is 1. The first-order valence-electron chi connectivity index (χ1n) is 5.15. The van der Waals surface area contributed by atoms with Gasteiger partial charge in [0.05, 0.1) is 6.42 Å². The summed E-state index contributed by atoms with van der Waals surface area (Å²) >= 11 is 0. The van der Waals surface area contributed by atoms with Gasteiger partial charge in [0.15, 0.2) is 0 Å². The van der Waals surface area contributed by atoms with Crippen molar-refractivity contribution >= 4 is 11.9 Å². The summed E-state index contributed by atoms with van der Waals surface area (Å²) in [5.41, 5.74) is 5.52. The molecule has 5 heteroatoms. The number of aliphatic carboxylic acids is 1. The van der Waals surface area contributed by atoms with Crippen LogP contribution in [0.15, 0.2) is 0 Å². The van der Waals surface area contributed by atoms with E-state index in [1.807, 2.05) is 6.92 Å². The van der Waals surface area contributed by atoms with Crippen molar-refractivity contribution in [1.29, 1.82) is 0 Å². The van der Waals surface area contributed by atoms with Crippen LogP contribution in [0.2, 0.25) is 0 Å². The van der Waals surface area contributed by atoms with Crippen LogP contribution in [0.1, 0.15) is 33.6 Å². The number of carboxylic acids is 1. The van der Waals surface area contributed by atoms with E-state index in [1.165, 1.54) is 0 Å². The summed E-state index contributed by atoms with van der Waals surface area (Å²) in [6, 6.07) is -0.470. The Balaban J connectivity index is 4.33. The minimum absolute atomic E-state index is 0.0292. The van der Waals surface area contributed by atoms with Crippen LogP contribution in [-0.4, -0.2) is 40.5 Å². The number of carboxylic acid groups (broad SMARTS) is 1. The number of carbonyl (C=O) groups excluding carboxylic acids is 1. The van der Waals surface area contributed by atoms with Gasteiger partial charge in [-0.05, 0) is 20.8 Å². The maximum Gasteiger partial charge on any atom is 0.305 e. The predicted molar refractivity (Wildman–Crippen MR) is 57.4 cm³/mol. The number of hydrogen-bond acceptors (Lipinski definition) is 3. The molecule has 2 unspecified atom stereocenters. The first-order chi connectivity index (χ1) is 6.88. The monoisotopic (exact) mass is 216 g/mol. The molecule has 0 saturated carbocycles. The predicted octanol–water partition coefficient (Wildman–Crippen LogP) is 0.435. The summed E-state index contributed by atoms with van der Waals surface area (Å²) < 4.78 is 0. The molecule has 0 aromatic carbocycles. The molecule has 0 aromatic heterocycles. The Bertz CT molecular complexity index is 229. The fraction of sp³-hybridized carbons (Fsp3) is 0.800. The lowest BCUT2D eigenvalue weighted by Gasteiger charge is -2.27. The van der Waals surface area contributed by atoms with E-state index in [9.17, 15) is 9.59 Å². The molecule has 0 radical (unpaired) electrons. The second-order valence-corrected chi connectivity index (χ2v) is 3.81. The largest absolute Gasteiger partial charge is 0.481 e. The van der Waals surface area contributed by atoms with Gasteiger partial charge in [-0.1, -0.05) is 0 Å². The average molecular weight is 216 g/mol. The van der Waals surface area contributed by atoms with Crippen molar-refractivity contribution in [3.8, 4) is 0 Å². The highest BCUT2D eigenvalue weighted by molar-refractivity contribution is 5.78. The summed E-state index contributed by atoms with van der Waals surface area (Å²) in [6.45, 7) is 5.84. The van der Waals surface area contributed by atoms with Gasteiger partial charge in [0.1, 0.15) is 0 Å². The van der Waals surface area contributed by atoms with Crippen LogP contribution >= 0.6 is 0 Å². The van der Waals surface area contributed by atoms with Gasteiger partial charge in [-0.3, -0.25) is 9.59 Å². The smallest absolute Gasteiger partial charge is 0.305 e. The van der Waals surface area contributed by atoms with E-state index in [0.717, 1.165) is 0 Å². The summed E-state index contributed by atoms with van der Waals surface area (Å²) in [5, 5.41) is 8.63. The Morgan fingerprint density at radius 2 is 1.87 bits per heavy atom. The molecule has 0 heterocycles. The fourth-order valence-corrected chi connectivity index (χ4v) is 1.49. The van der Waals surface area contributed by atoms with E-state index in [-0.39, 0.29) is 30.8 Å². The molecule has 0 aromatic rings. The van der Waals surface area contributed by atoms with Crippen LogP contribution < -0.4 is 5.73 Å². The molecular formula is C10H20N2O3. The zero-order chi connectivity index (χ0) is 12.0. The third kappa shape index (κ3) is 5.37. The molecule has 0 saturated heterocycles. The topological polar surface area (TPSA) is 83.6 Å². The molecule has 0 rings (SSSR count). The van der Waals surface area contributed by atoms with Gasteiger partial charge in [0.2, 0.25) is 5.91 Å². The molecule has 0 aliphatic heterocycles. The molecular weight excluding hydrogens is 196 g/mol. The lowest BCUT2D eigenvalue weighted by molar-refractivity contribution is -0.140. The first kappa shape index (κ1) is 13.9. The SMILES string of the molecule is CCN(C(=O)CC(C)N)C(C)CC(=O)O. The third-order valence-electron chi connectivity index (χ3n) is 2.16. The van der Waals surface area contributed by atoms with Crippen LogP contribution in [0.25, 0.3) is 0 Å². The first-order valence-corrected chi connectivity index (χ1v) is 5.15. The molecule has 0 bridgehead atoms. The van der Waals surface area contributed by atoms with Gasteiger partial charge in [-0.25, -0.2) is 0 Å². The number of rotatable bonds is 6. The van der Waals surface area contributed by atoms with Crippen molar-refractivity contribution in [1.82, 2.24) is 4.90 Å². The minimum atomic E-state index is -0.894. The van der Waals surface area contributed by atoms with Crippen molar-refractivity contribution in [3.05, 3.63) is 0 Å². The van der Waals surface area contributed by atoms with Crippen molar-refractivity contribution in [2.24, 2.45) is 5.73 Å². The lowest BCUT2D eigenvalue weighted by Crippen LogP contribution is -2.41. The molecule has 0 spiro atoms. The average Bonchev–Trinajstić information content (AvgIpc) is 2.01. The van der Waals surface area contributed by atoms with Crippen LogP contribution in [0, 0.1) is 0 Å². The van der Waals surface area contributed by atoms with E-state index in [2.05, 4.69) is 0 Å². The number of amides is 1. The second-order valence-electron chi connectivity index (χ2n) is 3.81. The van der Waals surface area contributed by atoms with Gasteiger partial charge in [0.25, 0.3) is 0 Å². The van der Waals surface area contributed by atoms with Gasteiger partial charge in [-0.15, -0.1) is 0 Å². The molecule has 3 N–H and O–H groups in total. The highest BCUT2D eigenvalue weighted by Crippen LogP contribution is 2.07. The molecule has 5 nitrogen and oxygen atoms in total. The van der Waals surface area contributed by atoms with Crippen molar-refractivity contribution in [3.63, 3.8) is 0 Å². The second kappa shape index (κ2) is 6.40. The molecule has 0 fully saturated rings. The van der Waals surface area contributed by atoms with Gasteiger partial charge < -0.3 is 15.7 Å². The number of hydrogen-bond donors (Lipinski definition) is 2. The van der Waals surface area contributed by atoms with Crippen molar-refractivity contribution in [2.45, 2.75) is 45.7 Å². The molecule has 0 aliphatic rings. The highest BCUT2D eigenvalue weighted by Gasteiger charge is 2.21. The standard InChI is InChI=1S/C10H20N2O3/c1-4-12(8(3)6-10(14)15)9(13)5-7(2)11/h7-8H,4-6,11H2,1-3H3,(H,14,15). The van der Waals surface area contributed by atoms with Crippen molar-refractivity contribution < 1.29 is 14.7 Å². The normalized spacial score (nSPS) is 14.4. The van der Waals surface area contributed by atoms with Crippen LogP contribution in [0.3, 0.4) is 0 Å². The van der Waals surface area contributed by atoms with Crippen LogP contribution in [-0.2, 0) is 9.59 Å². The van der Waals surface area contributed by atoms with Crippen LogP contribution in [0.4, 0.5) is 0 Å². The highest BCUT2D eigenvalue weighted by atomic mass is 16.4. The minimum Gasteiger partial charge on any atom is -0.481 e. The zero-order valence-corrected chi connectivity index (χ0v) is 9.56. The lowest BCUT2D eigenvalue weighted by atomic mass is 10.1. The van der Waals surface area contributed by atoms with E-state index in [1.54, 1.807) is 18.7 Å². The van der Waals surface area contributed by atoms with Crippen LogP contribution in [0.5, 0.6) is 0 Å². The van der Waals surface area contributed by atoms with E-state index in [4.69, 9.17) is 10.8 Å². The summed E-state index contributed by atoms with van der Waals surface area (Å²) in [6.07, 6.45) is 0.232. The Morgan fingerprint density at radius 1 is 1.33 bits per heavy atom. The molecule has 2 atom stereocenters. The molecule has 15 heavy (non-hydrogen) atoms. The third-order valence-corrected chi connectivity index (χ3v) is 2.16. The molecule has 0 aliphatic carbocycles. The van der Waals surface area contributed by atoms with E-state index >= 15 is 0 Å². The number of nitrogens with two attached hydrogens (primary N) is 1. The molecule has 88 valence electrons. The zero-order valence-electron chi connectivity index (χ0n) is 9.56. The maximum absolute atomic E-state index is 11.7. The Kier molecular flexibility index (Phi) is 5.93. The Morgan fingerprint density at radius 3 is 2.20 bits per heavy atom. The quantitative estimate of drug-likeness (QED) is 0.674. The van der Waals surface area contributed by atoms with Gasteiger partial charge in [0, 0.05) is 25.0 Å². The van der Waals surface area contributed by atoms with E-state index < -0.39 is 5.97 Å². The Hall–Kier alpha value is -1.10. The summed E-state index contributed by atoms with van der Waals surface area (Å²) in [7, 11) is 0. The Labute approximate surface area is 90.2 Å². The van der Waals surface area contributed by atoms with Crippen molar-refractivity contribution in [2.75, 3.05) is 6.54 Å². The number of carbonyl (C=O) groups is 2. The summed E-state index contributed by atoms with van der Waals surface area (Å²) in [5.74, 6) is -0.976. The van der Waals surface area contributed by atoms with E-state index in [0.29, 0.717) is 6.54 Å². The summed E-state index contributed by atoms with van der Waals surface area (Å²) in [4.78, 5) is 23.7. The van der Waals surface area contributed by atoms with Gasteiger partial charge >= 0.3 is 5.97 Å².